The van der Waals surface area contributed by atoms with E-state index in [9.17, 15) is 14.4 Å². The Kier molecular flexibility index (Phi) is 6.97. The molecule has 3 amide bonds. The number of carbonyl (C=O) groups excluding carboxylic acids is 3. The third kappa shape index (κ3) is 5.74. The smallest absolute Gasteiger partial charge is 0.408 e. The van der Waals surface area contributed by atoms with Crippen LogP contribution in [0.25, 0.3) is 0 Å². The van der Waals surface area contributed by atoms with Crippen molar-refractivity contribution in [3.05, 3.63) is 54.1 Å². The topological polar surface area (TPSA) is 106 Å². The number of piperidine rings is 1. The number of hydrogen-bond acceptors (Lipinski definition) is 6. The molecular weight excluding hydrogens is 426 g/mol. The van der Waals surface area contributed by atoms with Gasteiger partial charge in [-0.25, -0.2) is 4.79 Å². The van der Waals surface area contributed by atoms with Crippen molar-refractivity contribution in [1.82, 2.24) is 10.2 Å². The van der Waals surface area contributed by atoms with Crippen molar-refractivity contribution in [2.24, 2.45) is 5.92 Å². The molecule has 2 aromatic rings. The van der Waals surface area contributed by atoms with E-state index in [-0.39, 0.29) is 31.1 Å². The molecule has 2 aromatic carbocycles. The van der Waals surface area contributed by atoms with Gasteiger partial charge in [-0.15, -0.1) is 0 Å². The Bertz CT molecular complexity index is 1000. The van der Waals surface area contributed by atoms with Crippen molar-refractivity contribution in [3.63, 3.8) is 0 Å². The maximum Gasteiger partial charge on any atom is 0.408 e. The molecule has 0 radical (unpaired) electrons. The number of ether oxygens (including phenoxy) is 3. The average molecular weight is 453 g/mol. The van der Waals surface area contributed by atoms with Crippen LogP contribution in [0.4, 0.5) is 10.5 Å². The number of likely N-dealkylation sites (tertiary alicyclic amines) is 1. The Morgan fingerprint density at radius 2 is 1.79 bits per heavy atom. The zero-order valence-electron chi connectivity index (χ0n) is 18.4. The molecule has 0 unspecified atom stereocenters. The molecule has 1 atom stereocenters. The largest absolute Gasteiger partial charge is 0.454 e. The Balaban J connectivity index is 1.20. The zero-order chi connectivity index (χ0) is 23.2. The lowest BCUT2D eigenvalue weighted by Crippen LogP contribution is -2.50. The lowest BCUT2D eigenvalue weighted by atomic mass is 9.95. The summed E-state index contributed by atoms with van der Waals surface area (Å²) in [4.78, 5) is 39.1. The Morgan fingerprint density at radius 1 is 1.06 bits per heavy atom. The molecule has 33 heavy (non-hydrogen) atoms. The Labute approximate surface area is 192 Å². The summed E-state index contributed by atoms with van der Waals surface area (Å²) in [5, 5.41) is 5.49. The van der Waals surface area contributed by atoms with E-state index in [1.54, 1.807) is 30.0 Å². The van der Waals surface area contributed by atoms with Crippen molar-refractivity contribution >= 4 is 23.6 Å². The van der Waals surface area contributed by atoms with E-state index < -0.39 is 12.1 Å². The van der Waals surface area contributed by atoms with Crippen LogP contribution >= 0.6 is 0 Å². The van der Waals surface area contributed by atoms with Crippen LogP contribution in [0.2, 0.25) is 0 Å². The second kappa shape index (κ2) is 10.2. The number of anilines is 1. The van der Waals surface area contributed by atoms with Crippen molar-refractivity contribution < 1.29 is 28.6 Å². The van der Waals surface area contributed by atoms with Crippen LogP contribution in [0.1, 0.15) is 25.3 Å². The summed E-state index contributed by atoms with van der Waals surface area (Å²) in [6.45, 7) is 2.84. The fourth-order valence-corrected chi connectivity index (χ4v) is 3.86. The van der Waals surface area contributed by atoms with Crippen molar-refractivity contribution in [1.29, 1.82) is 0 Å². The Hall–Kier alpha value is -3.75. The first-order chi connectivity index (χ1) is 16.0. The van der Waals surface area contributed by atoms with Crippen LogP contribution in [-0.4, -0.2) is 48.7 Å². The number of nitrogens with one attached hydrogen (secondary N) is 2. The summed E-state index contributed by atoms with van der Waals surface area (Å²) in [6, 6.07) is 13.9. The number of alkyl carbamates (subject to hydrolysis) is 1. The van der Waals surface area contributed by atoms with Gasteiger partial charge in [0, 0.05) is 30.8 Å². The minimum absolute atomic E-state index is 0.0865. The molecule has 174 valence electrons. The number of rotatable bonds is 6. The minimum atomic E-state index is -0.715. The zero-order valence-corrected chi connectivity index (χ0v) is 18.4. The van der Waals surface area contributed by atoms with Crippen LogP contribution in [0.3, 0.4) is 0 Å². The van der Waals surface area contributed by atoms with Crippen LogP contribution in [-0.2, 0) is 20.9 Å². The van der Waals surface area contributed by atoms with Crippen LogP contribution < -0.4 is 20.1 Å². The van der Waals surface area contributed by atoms with Crippen molar-refractivity contribution in [2.75, 3.05) is 25.2 Å². The van der Waals surface area contributed by atoms with Gasteiger partial charge in [0.05, 0.1) is 0 Å². The second-order valence-electron chi connectivity index (χ2n) is 8.08. The first kappa shape index (κ1) is 22.4. The monoisotopic (exact) mass is 453 g/mol. The van der Waals surface area contributed by atoms with E-state index in [1.807, 2.05) is 30.3 Å². The van der Waals surface area contributed by atoms with E-state index >= 15 is 0 Å². The normalized spacial score (nSPS) is 16.1. The molecule has 0 spiro atoms. The predicted molar refractivity (Wildman–Crippen MR) is 120 cm³/mol. The molecular formula is C24H27N3O6. The maximum atomic E-state index is 12.7. The standard InChI is InChI=1S/C24H27N3O6/c1-16(25-24(30)31-14-17-5-3-2-4-6-17)23(29)27-11-9-18(10-12-27)22(28)26-19-7-8-20-21(13-19)33-15-32-20/h2-8,13,16,18H,9-12,14-15H2,1H3,(H,25,30)(H,26,28)/t16-/m0/s1. The number of carbonyl (C=O) groups is 3. The first-order valence-corrected chi connectivity index (χ1v) is 11.0. The van der Waals surface area contributed by atoms with E-state index in [1.165, 1.54) is 0 Å². The SMILES string of the molecule is C[C@H](NC(=O)OCc1ccccc1)C(=O)N1CCC(C(=O)Nc2ccc3c(c2)OCO3)CC1. The van der Waals surface area contributed by atoms with Gasteiger partial charge in [0.2, 0.25) is 18.6 Å². The number of fused-ring (bicyclic) bond motifs is 1. The molecule has 2 aliphatic rings. The fourth-order valence-electron chi connectivity index (χ4n) is 3.86. The first-order valence-electron chi connectivity index (χ1n) is 11.0. The lowest BCUT2D eigenvalue weighted by molar-refractivity contribution is -0.136. The molecule has 2 aliphatic heterocycles. The molecule has 4 rings (SSSR count). The van der Waals surface area contributed by atoms with Gasteiger partial charge >= 0.3 is 6.09 Å². The molecule has 0 bridgehead atoms. The summed E-state index contributed by atoms with van der Waals surface area (Å²) < 4.78 is 15.8. The lowest BCUT2D eigenvalue weighted by Gasteiger charge is -2.33. The molecule has 1 saturated heterocycles. The molecule has 0 saturated carbocycles. The van der Waals surface area contributed by atoms with Crippen LogP contribution in [0.5, 0.6) is 11.5 Å². The molecule has 0 aromatic heterocycles. The highest BCUT2D eigenvalue weighted by atomic mass is 16.7. The third-order valence-corrected chi connectivity index (χ3v) is 5.74. The molecule has 9 heteroatoms. The van der Waals surface area contributed by atoms with Gasteiger partial charge < -0.3 is 29.7 Å². The second-order valence-corrected chi connectivity index (χ2v) is 8.08. The van der Waals surface area contributed by atoms with E-state index in [0.717, 1.165) is 5.56 Å². The molecule has 0 aliphatic carbocycles. The summed E-state index contributed by atoms with van der Waals surface area (Å²) in [7, 11) is 0. The fraction of sp³-hybridized carbons (Fsp3) is 0.375. The third-order valence-electron chi connectivity index (χ3n) is 5.74. The van der Waals surface area contributed by atoms with Gasteiger partial charge in [-0.2, -0.15) is 0 Å². The summed E-state index contributed by atoms with van der Waals surface area (Å²) in [5.74, 6) is 0.792. The van der Waals surface area contributed by atoms with Gasteiger partial charge in [0.25, 0.3) is 0 Å². The molecule has 1 fully saturated rings. The number of amides is 3. The number of benzene rings is 2. The van der Waals surface area contributed by atoms with E-state index in [2.05, 4.69) is 10.6 Å². The van der Waals surface area contributed by atoms with Crippen LogP contribution in [0, 0.1) is 5.92 Å². The summed E-state index contributed by atoms with van der Waals surface area (Å²) in [6.07, 6.45) is 0.457. The average Bonchev–Trinajstić information content (AvgIpc) is 3.31. The number of nitrogens with zero attached hydrogens (tertiary/aromatic N) is 1. The molecule has 9 nitrogen and oxygen atoms in total. The molecule has 2 heterocycles. The van der Waals surface area contributed by atoms with Gasteiger partial charge in [-0.1, -0.05) is 30.3 Å². The highest BCUT2D eigenvalue weighted by molar-refractivity contribution is 5.93. The van der Waals surface area contributed by atoms with Crippen molar-refractivity contribution in [3.8, 4) is 11.5 Å². The highest BCUT2D eigenvalue weighted by Gasteiger charge is 2.30. The summed E-state index contributed by atoms with van der Waals surface area (Å²) in [5.41, 5.74) is 1.52. The number of hydrogen-bond donors (Lipinski definition) is 2. The predicted octanol–water partition coefficient (Wildman–Crippen LogP) is 2.91. The Morgan fingerprint density at radius 3 is 2.55 bits per heavy atom. The minimum Gasteiger partial charge on any atom is -0.454 e. The van der Waals surface area contributed by atoms with Crippen molar-refractivity contribution in [2.45, 2.75) is 32.4 Å². The molecule has 2 N–H and O–H groups in total. The highest BCUT2D eigenvalue weighted by Crippen LogP contribution is 2.34. The van der Waals surface area contributed by atoms with Gasteiger partial charge in [0.15, 0.2) is 11.5 Å². The quantitative estimate of drug-likeness (QED) is 0.697. The van der Waals surface area contributed by atoms with Gasteiger partial charge in [0.1, 0.15) is 12.6 Å². The van der Waals surface area contributed by atoms with Gasteiger partial charge in [-0.05, 0) is 37.5 Å². The van der Waals surface area contributed by atoms with E-state index in [4.69, 9.17) is 14.2 Å². The van der Waals surface area contributed by atoms with Gasteiger partial charge in [-0.3, -0.25) is 9.59 Å². The van der Waals surface area contributed by atoms with E-state index in [0.29, 0.717) is 43.1 Å². The maximum absolute atomic E-state index is 12.7. The van der Waals surface area contributed by atoms with Crippen LogP contribution in [0.15, 0.2) is 48.5 Å². The summed E-state index contributed by atoms with van der Waals surface area (Å²) >= 11 is 0.